The van der Waals surface area contributed by atoms with Gasteiger partial charge in [-0.2, -0.15) is 0 Å². The van der Waals surface area contributed by atoms with E-state index in [4.69, 9.17) is 9.94 Å². The topological polar surface area (TPSA) is 125 Å². The van der Waals surface area contributed by atoms with Crippen molar-refractivity contribution in [1.29, 1.82) is 0 Å². The maximum atomic E-state index is 12.5. The van der Waals surface area contributed by atoms with Gasteiger partial charge >= 0.3 is 6.09 Å². The fraction of sp³-hybridized carbons (Fsp3) is 0.190. The first-order valence-corrected chi connectivity index (χ1v) is 9.98. The molecule has 0 heterocycles. The zero-order valence-corrected chi connectivity index (χ0v) is 18.4. The number of ether oxygens (including phenoxy) is 1. The molecule has 2 aromatic rings. The monoisotopic (exact) mass is 524 g/mol. The highest BCUT2D eigenvalue weighted by Crippen LogP contribution is 2.34. The third-order valence-corrected chi connectivity index (χ3v) is 4.88. The average molecular weight is 524 g/mol. The molecule has 0 fully saturated rings. The van der Waals surface area contributed by atoms with Gasteiger partial charge in [-0.15, -0.1) is 0 Å². The van der Waals surface area contributed by atoms with Gasteiger partial charge < -0.3 is 9.84 Å². The van der Waals surface area contributed by atoms with Crippen molar-refractivity contribution < 1.29 is 29.4 Å². The van der Waals surface area contributed by atoms with Crippen LogP contribution < -0.4 is 10.8 Å². The summed E-state index contributed by atoms with van der Waals surface area (Å²) in [6.07, 6.45) is 0.856. The number of hydroxylamine groups is 1. The molecule has 158 valence electrons. The number of hydrogen-bond donors (Lipinski definition) is 4. The first-order valence-electron chi connectivity index (χ1n) is 8.90. The van der Waals surface area contributed by atoms with E-state index in [1.165, 1.54) is 24.5 Å². The van der Waals surface area contributed by atoms with Crippen LogP contribution in [0.1, 0.15) is 35.9 Å². The van der Waals surface area contributed by atoms with Crippen LogP contribution in [0.15, 0.2) is 54.6 Å². The molecule has 0 aromatic heterocycles. The van der Waals surface area contributed by atoms with Crippen molar-refractivity contribution in [2.75, 3.05) is 5.32 Å². The van der Waals surface area contributed by atoms with E-state index in [0.717, 1.165) is 9.65 Å². The summed E-state index contributed by atoms with van der Waals surface area (Å²) in [5.41, 5.74) is 2.79. The molecular weight excluding hydrogens is 503 g/mol. The lowest BCUT2D eigenvalue weighted by Crippen LogP contribution is -2.22. The van der Waals surface area contributed by atoms with Crippen LogP contribution in [-0.4, -0.2) is 28.1 Å². The van der Waals surface area contributed by atoms with Crippen LogP contribution in [-0.2, 0) is 9.53 Å². The number of phenolic OH excluding ortho intramolecular Hbond substituents is 1. The van der Waals surface area contributed by atoms with Crippen LogP contribution in [0.25, 0.3) is 0 Å². The second kappa shape index (κ2) is 10.7. The molecule has 0 aliphatic rings. The maximum absolute atomic E-state index is 12.5. The summed E-state index contributed by atoms with van der Waals surface area (Å²) in [6, 6.07) is 11.2. The summed E-state index contributed by atoms with van der Waals surface area (Å²) >= 11 is 2.07. The number of rotatable bonds is 7. The molecule has 9 heteroatoms. The molecule has 0 radical (unpaired) electrons. The molecule has 0 saturated carbocycles. The Morgan fingerprint density at radius 2 is 1.80 bits per heavy atom. The summed E-state index contributed by atoms with van der Waals surface area (Å²) in [5.74, 6) is -1.41. The molecule has 0 bridgehead atoms. The van der Waals surface area contributed by atoms with Gasteiger partial charge in [-0.1, -0.05) is 13.0 Å². The number of hydrogen-bond acceptors (Lipinski definition) is 6. The lowest BCUT2D eigenvalue weighted by atomic mass is 9.96. The zero-order valence-electron chi connectivity index (χ0n) is 16.3. The minimum atomic E-state index is -0.918. The summed E-state index contributed by atoms with van der Waals surface area (Å²) < 4.78 is 6.37. The Balaban J connectivity index is 2.24. The van der Waals surface area contributed by atoms with Gasteiger partial charge in [0.2, 0.25) is 0 Å². The SMILES string of the molecule is CC(=O)c1ccc(NC(=O)O[C@H](c2cc(I)ccc2O)[C@H](C)/C=C/C(=O)NO)cc1. The summed E-state index contributed by atoms with van der Waals surface area (Å²) in [7, 11) is 0. The fourth-order valence-corrected chi connectivity index (χ4v) is 3.15. The van der Waals surface area contributed by atoms with Gasteiger partial charge in [0, 0.05) is 32.4 Å². The average Bonchev–Trinajstić information content (AvgIpc) is 2.72. The van der Waals surface area contributed by atoms with Crippen LogP contribution in [0.4, 0.5) is 10.5 Å². The Bertz CT molecular complexity index is 958. The molecule has 8 nitrogen and oxygen atoms in total. The van der Waals surface area contributed by atoms with Crippen molar-refractivity contribution >= 4 is 46.1 Å². The number of amides is 2. The summed E-state index contributed by atoms with van der Waals surface area (Å²) in [5, 5.41) is 21.5. The van der Waals surface area contributed by atoms with Crippen LogP contribution in [0.2, 0.25) is 0 Å². The molecular formula is C21H21IN2O6. The summed E-state index contributed by atoms with van der Waals surface area (Å²) in [4.78, 5) is 35.1. The van der Waals surface area contributed by atoms with Gasteiger partial charge in [0.15, 0.2) is 5.78 Å². The van der Waals surface area contributed by atoms with Crippen molar-refractivity contribution in [2.45, 2.75) is 20.0 Å². The van der Waals surface area contributed by atoms with E-state index in [9.17, 15) is 19.5 Å². The number of carbonyl (C=O) groups is 3. The first kappa shape index (κ1) is 23.4. The normalized spacial score (nSPS) is 12.8. The Labute approximate surface area is 187 Å². The molecule has 2 rings (SSSR count). The maximum Gasteiger partial charge on any atom is 0.412 e. The van der Waals surface area contributed by atoms with Crippen molar-refractivity contribution in [2.24, 2.45) is 5.92 Å². The molecule has 0 unspecified atom stereocenters. The minimum absolute atomic E-state index is 0.0640. The van der Waals surface area contributed by atoms with Crippen LogP contribution in [0.3, 0.4) is 0 Å². The van der Waals surface area contributed by atoms with E-state index in [0.29, 0.717) is 16.8 Å². The third-order valence-electron chi connectivity index (χ3n) is 4.21. The number of benzene rings is 2. The van der Waals surface area contributed by atoms with Crippen molar-refractivity contribution in [3.8, 4) is 5.75 Å². The number of Topliss-reactive ketones (excluding diaryl/α,β-unsaturated/α-hetero) is 1. The van der Waals surface area contributed by atoms with Crippen molar-refractivity contribution in [3.63, 3.8) is 0 Å². The van der Waals surface area contributed by atoms with Crippen LogP contribution in [0.5, 0.6) is 5.75 Å². The first-order chi connectivity index (χ1) is 14.2. The predicted molar refractivity (Wildman–Crippen MR) is 118 cm³/mol. The van der Waals surface area contributed by atoms with E-state index >= 15 is 0 Å². The molecule has 2 aromatic carbocycles. The lowest BCUT2D eigenvalue weighted by molar-refractivity contribution is -0.124. The van der Waals surface area contributed by atoms with Crippen molar-refractivity contribution in [3.05, 3.63) is 69.3 Å². The fourth-order valence-electron chi connectivity index (χ4n) is 2.64. The number of phenols is 1. The molecule has 30 heavy (non-hydrogen) atoms. The van der Waals surface area contributed by atoms with Gasteiger partial charge in [0.1, 0.15) is 11.9 Å². The smallest absolute Gasteiger partial charge is 0.412 e. The second-order valence-corrected chi connectivity index (χ2v) is 7.73. The van der Waals surface area contributed by atoms with Gasteiger partial charge in [-0.3, -0.25) is 20.1 Å². The highest BCUT2D eigenvalue weighted by Gasteiger charge is 2.25. The number of carbonyl (C=O) groups excluding carboxylic acids is 3. The zero-order chi connectivity index (χ0) is 22.3. The number of halogens is 1. The number of ketones is 1. The van der Waals surface area contributed by atoms with E-state index in [2.05, 4.69) is 27.9 Å². The van der Waals surface area contributed by atoms with Gasteiger partial charge in [-0.25, -0.2) is 10.3 Å². The highest BCUT2D eigenvalue weighted by molar-refractivity contribution is 14.1. The van der Waals surface area contributed by atoms with E-state index < -0.39 is 24.0 Å². The van der Waals surface area contributed by atoms with Gasteiger partial charge in [0.25, 0.3) is 5.91 Å². The standard InChI is InChI=1S/C21H21IN2O6/c1-12(3-10-19(27)24-29)20(17-11-15(22)6-9-18(17)26)30-21(28)23-16-7-4-14(5-8-16)13(2)25/h3-12,20,26,29H,1-2H3,(H,23,28)(H,24,27)/b10-3+/t12-,20+/m1/s1. The molecule has 0 saturated heterocycles. The van der Waals surface area contributed by atoms with E-state index in [1.54, 1.807) is 43.3 Å². The third kappa shape index (κ3) is 6.56. The van der Waals surface area contributed by atoms with E-state index in [1.807, 2.05) is 0 Å². The van der Waals surface area contributed by atoms with Crippen LogP contribution >= 0.6 is 22.6 Å². The predicted octanol–water partition coefficient (Wildman–Crippen LogP) is 4.19. The molecule has 4 N–H and O–H groups in total. The second-order valence-electron chi connectivity index (χ2n) is 6.48. The lowest BCUT2D eigenvalue weighted by Gasteiger charge is -2.23. The molecule has 0 aliphatic heterocycles. The largest absolute Gasteiger partial charge is 0.508 e. The quantitative estimate of drug-likeness (QED) is 0.142. The molecule has 2 atom stereocenters. The van der Waals surface area contributed by atoms with Gasteiger partial charge in [0.05, 0.1) is 0 Å². The Morgan fingerprint density at radius 1 is 1.13 bits per heavy atom. The number of nitrogens with one attached hydrogen (secondary N) is 2. The summed E-state index contributed by atoms with van der Waals surface area (Å²) in [6.45, 7) is 3.14. The minimum Gasteiger partial charge on any atom is -0.508 e. The van der Waals surface area contributed by atoms with Gasteiger partial charge in [-0.05, 0) is 72.0 Å². The Morgan fingerprint density at radius 3 is 2.40 bits per heavy atom. The highest BCUT2D eigenvalue weighted by atomic mass is 127. The molecule has 2 amide bonds. The van der Waals surface area contributed by atoms with Crippen molar-refractivity contribution in [1.82, 2.24) is 5.48 Å². The van der Waals surface area contributed by atoms with E-state index in [-0.39, 0.29) is 11.5 Å². The molecule has 0 spiro atoms. The molecule has 0 aliphatic carbocycles. The number of aromatic hydroxyl groups is 1. The van der Waals surface area contributed by atoms with Crippen LogP contribution in [0, 0.1) is 9.49 Å². The number of anilines is 1. The Hall–Kier alpha value is -2.92. The Kier molecular flexibility index (Phi) is 8.36.